The third-order valence-electron chi connectivity index (χ3n) is 5.53. The average Bonchev–Trinajstić information content (AvgIpc) is 3.22. The van der Waals surface area contributed by atoms with Crippen LogP contribution < -0.4 is 0 Å². The van der Waals surface area contributed by atoms with E-state index in [1.54, 1.807) is 24.5 Å². The number of likely N-dealkylation sites (tertiary alicyclic amines) is 2. The summed E-state index contributed by atoms with van der Waals surface area (Å²) in [5, 5.41) is 0. The number of rotatable bonds is 2. The Kier molecular flexibility index (Phi) is 4.00. The first-order chi connectivity index (χ1) is 11.7. The van der Waals surface area contributed by atoms with Gasteiger partial charge in [-0.3, -0.25) is 14.6 Å². The quantitative estimate of drug-likeness (QED) is 0.824. The Morgan fingerprint density at radius 2 is 2.29 bits per heavy atom. The number of carbonyl (C=O) groups excluding carboxylic acids is 2. The molecule has 3 aliphatic heterocycles. The highest BCUT2D eigenvalue weighted by Crippen LogP contribution is 2.37. The van der Waals surface area contributed by atoms with Gasteiger partial charge in [-0.15, -0.1) is 0 Å². The molecule has 6 heteroatoms. The third kappa shape index (κ3) is 2.79. The zero-order valence-electron chi connectivity index (χ0n) is 13.8. The molecule has 2 amide bonds. The minimum atomic E-state index is -0.288. The molecule has 3 aliphatic rings. The Labute approximate surface area is 141 Å². The Hall–Kier alpha value is -1.95. The van der Waals surface area contributed by atoms with Gasteiger partial charge in [0.1, 0.15) is 0 Å². The fourth-order valence-electron chi connectivity index (χ4n) is 4.30. The van der Waals surface area contributed by atoms with Gasteiger partial charge in [-0.2, -0.15) is 0 Å². The van der Waals surface area contributed by atoms with E-state index in [1.165, 1.54) is 0 Å². The van der Waals surface area contributed by atoms with Crippen molar-refractivity contribution < 1.29 is 14.3 Å². The summed E-state index contributed by atoms with van der Waals surface area (Å²) in [6.07, 6.45) is 7.52. The molecule has 1 aromatic heterocycles. The van der Waals surface area contributed by atoms with Crippen molar-refractivity contribution >= 4 is 11.8 Å². The van der Waals surface area contributed by atoms with Gasteiger partial charge in [0.05, 0.1) is 17.7 Å². The maximum Gasteiger partial charge on any atom is 0.255 e. The van der Waals surface area contributed by atoms with Crippen molar-refractivity contribution in [3.63, 3.8) is 0 Å². The second kappa shape index (κ2) is 6.16. The molecule has 0 aromatic carbocycles. The van der Waals surface area contributed by atoms with Crippen molar-refractivity contribution in [1.29, 1.82) is 0 Å². The van der Waals surface area contributed by atoms with Crippen LogP contribution in [0.15, 0.2) is 24.5 Å². The predicted molar refractivity (Wildman–Crippen MR) is 87.4 cm³/mol. The number of aromatic nitrogens is 1. The van der Waals surface area contributed by atoms with Gasteiger partial charge in [-0.25, -0.2) is 0 Å². The molecule has 1 spiro atoms. The summed E-state index contributed by atoms with van der Waals surface area (Å²) in [6, 6.07) is 3.85. The smallest absolute Gasteiger partial charge is 0.255 e. The van der Waals surface area contributed by atoms with E-state index in [1.807, 2.05) is 9.80 Å². The number of amides is 2. The lowest BCUT2D eigenvalue weighted by molar-refractivity contribution is -0.137. The van der Waals surface area contributed by atoms with Gasteiger partial charge in [0, 0.05) is 44.6 Å². The van der Waals surface area contributed by atoms with E-state index >= 15 is 0 Å². The zero-order chi connectivity index (χ0) is 16.6. The molecule has 0 unspecified atom stereocenters. The van der Waals surface area contributed by atoms with Crippen molar-refractivity contribution in [2.24, 2.45) is 0 Å². The van der Waals surface area contributed by atoms with Crippen LogP contribution in [0.2, 0.25) is 0 Å². The number of carbonyl (C=O) groups is 2. The Balaban J connectivity index is 1.45. The van der Waals surface area contributed by atoms with E-state index in [-0.39, 0.29) is 23.5 Å². The molecular formula is C18H23N3O3. The molecule has 0 aliphatic carbocycles. The fraction of sp³-hybridized carbons (Fsp3) is 0.611. The first-order valence-corrected chi connectivity index (χ1v) is 8.80. The van der Waals surface area contributed by atoms with E-state index < -0.39 is 0 Å². The molecule has 0 saturated carbocycles. The highest BCUT2D eigenvalue weighted by atomic mass is 16.5. The van der Waals surface area contributed by atoms with Crippen molar-refractivity contribution in [3.05, 3.63) is 30.1 Å². The Morgan fingerprint density at radius 1 is 1.38 bits per heavy atom. The fourth-order valence-corrected chi connectivity index (χ4v) is 4.30. The maximum absolute atomic E-state index is 12.6. The summed E-state index contributed by atoms with van der Waals surface area (Å²) in [5.41, 5.74) is 0.334. The topological polar surface area (TPSA) is 62.7 Å². The third-order valence-corrected chi connectivity index (χ3v) is 5.53. The zero-order valence-corrected chi connectivity index (χ0v) is 13.8. The van der Waals surface area contributed by atoms with Gasteiger partial charge in [0.2, 0.25) is 5.91 Å². The van der Waals surface area contributed by atoms with Crippen LogP contribution in [0, 0.1) is 0 Å². The van der Waals surface area contributed by atoms with Crippen LogP contribution in [0.25, 0.3) is 0 Å². The number of nitrogens with zero attached hydrogens (tertiary/aromatic N) is 3. The molecule has 0 radical (unpaired) electrons. The highest BCUT2D eigenvalue weighted by Gasteiger charge is 2.46. The van der Waals surface area contributed by atoms with Gasteiger partial charge in [-0.1, -0.05) is 0 Å². The number of hydrogen-bond acceptors (Lipinski definition) is 4. The summed E-state index contributed by atoms with van der Waals surface area (Å²) in [5.74, 6) is 0.293. The molecule has 3 fully saturated rings. The summed E-state index contributed by atoms with van der Waals surface area (Å²) >= 11 is 0. The minimum Gasteiger partial charge on any atom is -0.373 e. The van der Waals surface area contributed by atoms with Gasteiger partial charge in [-0.05, 0) is 37.8 Å². The summed E-state index contributed by atoms with van der Waals surface area (Å²) < 4.78 is 6.12. The maximum atomic E-state index is 12.6. The van der Waals surface area contributed by atoms with Crippen molar-refractivity contribution in [2.45, 2.75) is 43.7 Å². The largest absolute Gasteiger partial charge is 0.373 e. The van der Waals surface area contributed by atoms with E-state index in [2.05, 4.69) is 4.98 Å². The summed E-state index contributed by atoms with van der Waals surface area (Å²) in [7, 11) is 0. The SMILES string of the molecule is O=C(c1cccnc1)N1CC[C@]2(C[C@@H](N3CCCC3=O)CCO2)C1. The molecule has 24 heavy (non-hydrogen) atoms. The lowest BCUT2D eigenvalue weighted by Crippen LogP contribution is -2.50. The van der Waals surface area contributed by atoms with Crippen LogP contribution >= 0.6 is 0 Å². The molecule has 3 saturated heterocycles. The van der Waals surface area contributed by atoms with Crippen LogP contribution in [-0.2, 0) is 9.53 Å². The first kappa shape index (κ1) is 15.6. The van der Waals surface area contributed by atoms with Gasteiger partial charge in [0.15, 0.2) is 0 Å². The van der Waals surface area contributed by atoms with Crippen LogP contribution in [0.1, 0.15) is 42.5 Å². The van der Waals surface area contributed by atoms with Crippen molar-refractivity contribution in [3.8, 4) is 0 Å². The highest BCUT2D eigenvalue weighted by molar-refractivity contribution is 5.94. The number of hydrogen-bond donors (Lipinski definition) is 0. The Bertz CT molecular complexity index is 636. The van der Waals surface area contributed by atoms with Gasteiger partial charge in [0.25, 0.3) is 5.91 Å². The van der Waals surface area contributed by atoms with E-state index in [4.69, 9.17) is 4.74 Å². The second-order valence-corrected chi connectivity index (χ2v) is 7.09. The predicted octanol–water partition coefficient (Wildman–Crippen LogP) is 1.47. The van der Waals surface area contributed by atoms with Crippen LogP contribution in [0.4, 0.5) is 0 Å². The minimum absolute atomic E-state index is 0.0166. The molecule has 0 bridgehead atoms. The Morgan fingerprint density at radius 3 is 3.04 bits per heavy atom. The average molecular weight is 329 g/mol. The first-order valence-electron chi connectivity index (χ1n) is 8.80. The molecule has 1 aromatic rings. The summed E-state index contributed by atoms with van der Waals surface area (Å²) in [6.45, 7) is 2.86. The molecule has 2 atom stereocenters. The van der Waals surface area contributed by atoms with E-state index in [0.717, 1.165) is 32.2 Å². The lowest BCUT2D eigenvalue weighted by atomic mass is 9.89. The molecule has 4 rings (SSSR count). The normalized spacial score (nSPS) is 30.3. The molecule has 4 heterocycles. The summed E-state index contributed by atoms with van der Waals surface area (Å²) in [4.78, 5) is 32.6. The molecule has 128 valence electrons. The lowest BCUT2D eigenvalue weighted by Gasteiger charge is -2.41. The van der Waals surface area contributed by atoms with Crippen LogP contribution in [0.5, 0.6) is 0 Å². The molecule has 0 N–H and O–H groups in total. The molecular weight excluding hydrogens is 306 g/mol. The van der Waals surface area contributed by atoms with E-state index in [9.17, 15) is 9.59 Å². The van der Waals surface area contributed by atoms with Crippen LogP contribution in [-0.4, -0.2) is 64.5 Å². The second-order valence-electron chi connectivity index (χ2n) is 7.09. The van der Waals surface area contributed by atoms with Crippen LogP contribution in [0.3, 0.4) is 0 Å². The monoisotopic (exact) mass is 329 g/mol. The molecule has 6 nitrogen and oxygen atoms in total. The van der Waals surface area contributed by atoms with Crippen molar-refractivity contribution in [1.82, 2.24) is 14.8 Å². The van der Waals surface area contributed by atoms with Crippen molar-refractivity contribution in [2.75, 3.05) is 26.2 Å². The van der Waals surface area contributed by atoms with Gasteiger partial charge >= 0.3 is 0 Å². The van der Waals surface area contributed by atoms with Gasteiger partial charge < -0.3 is 14.5 Å². The number of pyridine rings is 1. The van der Waals surface area contributed by atoms with E-state index in [0.29, 0.717) is 31.7 Å². The standard InChI is InChI=1S/C18H23N3O3/c22-16-4-2-8-21(16)15-5-10-24-18(11-15)6-9-20(13-18)17(23)14-3-1-7-19-12-14/h1,3,7,12,15H,2,4-6,8-11,13H2/t15-,18-/m0/s1. The number of ether oxygens (including phenoxy) is 1.